The van der Waals surface area contributed by atoms with E-state index in [2.05, 4.69) is 15.3 Å². The van der Waals surface area contributed by atoms with Crippen molar-refractivity contribution in [1.29, 1.82) is 0 Å². The van der Waals surface area contributed by atoms with E-state index in [1.54, 1.807) is 24.3 Å². The van der Waals surface area contributed by atoms with Crippen LogP contribution in [0.2, 0.25) is 0 Å². The minimum absolute atomic E-state index is 0.192. The number of ether oxygens (including phenoxy) is 1. The lowest BCUT2D eigenvalue weighted by molar-refractivity contribution is 0.0950. The summed E-state index contributed by atoms with van der Waals surface area (Å²) in [4.78, 5) is 29.5. The summed E-state index contributed by atoms with van der Waals surface area (Å²) in [5, 5.41) is 2.70. The van der Waals surface area contributed by atoms with Gasteiger partial charge in [0.15, 0.2) is 0 Å². The number of nitrogens with one attached hydrogen (secondary N) is 2. The second-order valence-corrected chi connectivity index (χ2v) is 4.60. The fraction of sp³-hybridized carbons (Fsp3) is 0.267. The molecule has 0 radical (unpaired) electrons. The molecule has 0 aliphatic carbocycles. The molecular formula is C15H18N4O3. The first-order chi connectivity index (χ1) is 10.7. The van der Waals surface area contributed by atoms with Gasteiger partial charge in [-0.05, 0) is 37.2 Å². The number of carbonyl (C=O) groups is 1. The number of benzene rings is 1. The smallest absolute Gasteiger partial charge is 0.251 e. The Balaban J connectivity index is 1.88. The maximum atomic E-state index is 12.0. The normalized spacial score (nSPS) is 10.2. The molecule has 0 fully saturated rings. The Kier molecular flexibility index (Phi) is 5.67. The van der Waals surface area contributed by atoms with E-state index in [4.69, 9.17) is 10.5 Å². The molecule has 0 aliphatic heterocycles. The number of rotatable bonds is 7. The second kappa shape index (κ2) is 7.94. The van der Waals surface area contributed by atoms with Gasteiger partial charge in [-0.3, -0.25) is 9.59 Å². The first-order valence-electron chi connectivity index (χ1n) is 6.94. The number of aromatic amines is 1. The van der Waals surface area contributed by atoms with Gasteiger partial charge in [0.1, 0.15) is 5.75 Å². The maximum Gasteiger partial charge on any atom is 0.251 e. The minimum atomic E-state index is -0.252. The summed E-state index contributed by atoms with van der Waals surface area (Å²) in [5.74, 6) is 0.455. The molecule has 116 valence electrons. The van der Waals surface area contributed by atoms with Crippen molar-refractivity contribution >= 4 is 5.91 Å². The zero-order valence-electron chi connectivity index (χ0n) is 12.0. The molecule has 1 heterocycles. The number of amides is 1. The third-order valence-corrected chi connectivity index (χ3v) is 2.90. The van der Waals surface area contributed by atoms with E-state index in [1.807, 2.05) is 0 Å². The van der Waals surface area contributed by atoms with Gasteiger partial charge in [0.2, 0.25) is 0 Å². The first-order valence-corrected chi connectivity index (χ1v) is 6.94. The number of H-pyrrole nitrogens is 1. The number of aromatic nitrogens is 2. The molecule has 7 nitrogen and oxygen atoms in total. The van der Waals surface area contributed by atoms with Gasteiger partial charge in [-0.15, -0.1) is 0 Å². The van der Waals surface area contributed by atoms with Gasteiger partial charge in [0.25, 0.3) is 11.5 Å². The summed E-state index contributed by atoms with van der Waals surface area (Å²) in [6, 6.07) is 8.17. The molecule has 0 saturated carbocycles. The van der Waals surface area contributed by atoms with Crippen molar-refractivity contribution in [3.63, 3.8) is 0 Å². The lowest BCUT2D eigenvalue weighted by Gasteiger charge is -2.07. The summed E-state index contributed by atoms with van der Waals surface area (Å²) in [6.45, 7) is 1.32. The van der Waals surface area contributed by atoms with Crippen LogP contribution in [0.15, 0.2) is 41.5 Å². The topological polar surface area (TPSA) is 110 Å². The molecule has 0 saturated heterocycles. The predicted molar refractivity (Wildman–Crippen MR) is 81.6 cm³/mol. The number of nitrogens with zero attached hydrogens (tertiary/aromatic N) is 1. The van der Waals surface area contributed by atoms with Crippen molar-refractivity contribution in [2.45, 2.75) is 13.0 Å². The van der Waals surface area contributed by atoms with Gasteiger partial charge >= 0.3 is 0 Å². The Bertz CT molecular complexity index is 667. The first kappa shape index (κ1) is 15.7. The quantitative estimate of drug-likeness (QED) is 0.642. The minimum Gasteiger partial charge on any atom is -0.494 e. The monoisotopic (exact) mass is 302 g/mol. The largest absolute Gasteiger partial charge is 0.494 e. The second-order valence-electron chi connectivity index (χ2n) is 4.60. The van der Waals surface area contributed by atoms with Gasteiger partial charge in [-0.25, -0.2) is 4.98 Å². The summed E-state index contributed by atoms with van der Waals surface area (Å²) in [5.41, 5.74) is 6.15. The maximum absolute atomic E-state index is 12.0. The summed E-state index contributed by atoms with van der Waals surface area (Å²) >= 11 is 0. The van der Waals surface area contributed by atoms with Crippen LogP contribution < -0.4 is 21.3 Å². The Hall–Kier alpha value is -2.67. The average Bonchev–Trinajstić information content (AvgIpc) is 2.54. The van der Waals surface area contributed by atoms with Crippen LogP contribution in [0.4, 0.5) is 0 Å². The highest BCUT2D eigenvalue weighted by molar-refractivity contribution is 5.94. The molecule has 1 aromatic carbocycles. The van der Waals surface area contributed by atoms with E-state index in [0.717, 1.165) is 6.42 Å². The van der Waals surface area contributed by atoms with Crippen LogP contribution >= 0.6 is 0 Å². The van der Waals surface area contributed by atoms with Crippen LogP contribution in [-0.4, -0.2) is 29.0 Å². The molecular weight excluding hydrogens is 284 g/mol. The third-order valence-electron chi connectivity index (χ3n) is 2.90. The molecule has 7 heteroatoms. The van der Waals surface area contributed by atoms with Crippen molar-refractivity contribution in [2.75, 3.05) is 13.2 Å². The number of hydrogen-bond acceptors (Lipinski definition) is 5. The number of hydrogen-bond donors (Lipinski definition) is 3. The van der Waals surface area contributed by atoms with Gasteiger partial charge in [-0.2, -0.15) is 0 Å². The molecule has 2 rings (SSSR count). The van der Waals surface area contributed by atoms with Crippen molar-refractivity contribution in [3.8, 4) is 5.75 Å². The zero-order valence-corrected chi connectivity index (χ0v) is 12.0. The van der Waals surface area contributed by atoms with Crippen LogP contribution in [0.1, 0.15) is 22.5 Å². The Morgan fingerprint density at radius 2 is 2.09 bits per heavy atom. The van der Waals surface area contributed by atoms with Gasteiger partial charge < -0.3 is 20.8 Å². The molecule has 1 aromatic heterocycles. The molecule has 1 amide bonds. The van der Waals surface area contributed by atoms with Crippen LogP contribution in [0.3, 0.4) is 0 Å². The number of nitrogens with two attached hydrogens (primary N) is 1. The molecule has 0 aliphatic rings. The summed E-state index contributed by atoms with van der Waals surface area (Å²) in [6.07, 6.45) is 2.09. The zero-order chi connectivity index (χ0) is 15.8. The van der Waals surface area contributed by atoms with E-state index >= 15 is 0 Å². The van der Waals surface area contributed by atoms with Crippen LogP contribution in [0.25, 0.3) is 0 Å². The average molecular weight is 302 g/mol. The molecule has 22 heavy (non-hydrogen) atoms. The van der Waals surface area contributed by atoms with E-state index in [9.17, 15) is 9.59 Å². The van der Waals surface area contributed by atoms with Crippen molar-refractivity contribution in [2.24, 2.45) is 5.73 Å². The number of carbonyl (C=O) groups excluding carboxylic acids is 1. The Morgan fingerprint density at radius 1 is 1.32 bits per heavy atom. The third kappa shape index (κ3) is 4.71. The molecule has 2 aromatic rings. The Labute approximate surface area is 127 Å². The van der Waals surface area contributed by atoms with Crippen molar-refractivity contribution < 1.29 is 9.53 Å². The van der Waals surface area contributed by atoms with Crippen LogP contribution in [0, 0.1) is 0 Å². The molecule has 0 spiro atoms. The van der Waals surface area contributed by atoms with Gasteiger partial charge in [-0.1, -0.05) is 0 Å². The van der Waals surface area contributed by atoms with Crippen LogP contribution in [-0.2, 0) is 6.54 Å². The van der Waals surface area contributed by atoms with Crippen LogP contribution in [0.5, 0.6) is 5.75 Å². The lowest BCUT2D eigenvalue weighted by atomic mass is 10.2. The predicted octanol–water partition coefficient (Wildman–Crippen LogP) is 0.428. The molecule has 0 unspecified atom stereocenters. The van der Waals surface area contributed by atoms with Crippen molar-refractivity contribution in [3.05, 3.63) is 58.3 Å². The Morgan fingerprint density at radius 3 is 2.77 bits per heavy atom. The fourth-order valence-corrected chi connectivity index (χ4v) is 1.75. The standard InChI is InChI=1S/C15H18N4O3/c16-6-1-7-22-13-4-2-11(3-5-13)15(21)17-9-12-8-14(20)19-10-18-12/h2-5,8,10H,1,6-7,9,16H2,(H,17,21)(H,18,19,20). The summed E-state index contributed by atoms with van der Waals surface area (Å²) < 4.78 is 5.46. The molecule has 0 bridgehead atoms. The molecule has 4 N–H and O–H groups in total. The summed E-state index contributed by atoms with van der Waals surface area (Å²) in [7, 11) is 0. The van der Waals surface area contributed by atoms with Gasteiger partial charge in [0, 0.05) is 11.6 Å². The highest BCUT2D eigenvalue weighted by Gasteiger charge is 2.06. The van der Waals surface area contributed by atoms with E-state index < -0.39 is 0 Å². The fourth-order valence-electron chi connectivity index (χ4n) is 1.75. The van der Waals surface area contributed by atoms with E-state index in [-0.39, 0.29) is 18.0 Å². The lowest BCUT2D eigenvalue weighted by Crippen LogP contribution is -2.24. The molecule has 0 atom stereocenters. The van der Waals surface area contributed by atoms with Crippen molar-refractivity contribution in [1.82, 2.24) is 15.3 Å². The van der Waals surface area contributed by atoms with E-state index in [1.165, 1.54) is 12.4 Å². The highest BCUT2D eigenvalue weighted by atomic mass is 16.5. The highest BCUT2D eigenvalue weighted by Crippen LogP contribution is 2.12. The van der Waals surface area contributed by atoms with Gasteiger partial charge in [0.05, 0.1) is 25.2 Å². The SMILES string of the molecule is NCCCOc1ccc(C(=O)NCc2cc(=O)[nH]cn2)cc1. The van der Waals surface area contributed by atoms with E-state index in [0.29, 0.717) is 30.2 Å².